The van der Waals surface area contributed by atoms with Crippen LogP contribution in [-0.2, 0) is 0 Å². The molecule has 0 fully saturated rings. The number of aromatic nitrogens is 2. The van der Waals surface area contributed by atoms with Crippen LogP contribution >= 0.6 is 11.3 Å². The third-order valence-corrected chi connectivity index (χ3v) is 4.78. The topological polar surface area (TPSA) is 89.5 Å². The summed E-state index contributed by atoms with van der Waals surface area (Å²) in [7, 11) is 0. The maximum Gasteiger partial charge on any atom is 0.376 e. The molecule has 1 unspecified atom stereocenters. The number of nitrogens with zero attached hydrogens (tertiary/aromatic N) is 3. The van der Waals surface area contributed by atoms with Crippen molar-refractivity contribution in [2.75, 3.05) is 5.32 Å². The van der Waals surface area contributed by atoms with Crippen molar-refractivity contribution in [1.29, 1.82) is 0 Å². The first kappa shape index (κ1) is 17.1. The zero-order valence-corrected chi connectivity index (χ0v) is 14.7. The van der Waals surface area contributed by atoms with E-state index in [9.17, 15) is 14.9 Å². The van der Waals surface area contributed by atoms with E-state index in [4.69, 9.17) is 0 Å². The third kappa shape index (κ3) is 3.53. The van der Waals surface area contributed by atoms with Crippen molar-refractivity contribution < 1.29 is 4.92 Å². The minimum absolute atomic E-state index is 0.0141. The van der Waals surface area contributed by atoms with E-state index in [1.165, 1.54) is 10.6 Å². The van der Waals surface area contributed by atoms with Gasteiger partial charge in [0.1, 0.15) is 5.65 Å². The van der Waals surface area contributed by atoms with E-state index in [0.717, 1.165) is 11.3 Å². The summed E-state index contributed by atoms with van der Waals surface area (Å²) in [6.45, 7) is 4.17. The van der Waals surface area contributed by atoms with Crippen molar-refractivity contribution in [3.8, 4) is 0 Å². The van der Waals surface area contributed by atoms with Crippen LogP contribution in [0, 0.1) is 16.0 Å². The summed E-state index contributed by atoms with van der Waals surface area (Å²) in [6, 6.07) is 8.80. The van der Waals surface area contributed by atoms with Crippen LogP contribution < -0.4 is 10.9 Å². The molecule has 3 aromatic rings. The third-order valence-electron chi connectivity index (χ3n) is 3.80. The predicted octanol–water partition coefficient (Wildman–Crippen LogP) is 3.86. The summed E-state index contributed by atoms with van der Waals surface area (Å²) >= 11 is 1.57. The SMILES string of the molecule is CC(C)CC(Nc1nc2ccccn2c(=O)c1[N+](=O)[O-])c1cccs1. The van der Waals surface area contributed by atoms with Gasteiger partial charge in [-0.15, -0.1) is 11.3 Å². The molecule has 3 aromatic heterocycles. The number of anilines is 1. The Morgan fingerprint density at radius 3 is 2.76 bits per heavy atom. The molecule has 3 rings (SSSR count). The standard InChI is InChI=1S/C17H18N4O3S/c1-11(2)10-12(13-6-5-9-25-13)18-16-15(21(23)24)17(22)20-8-4-3-7-14(20)19-16/h3-9,11-12,18H,10H2,1-2H3. The van der Waals surface area contributed by atoms with Crippen molar-refractivity contribution in [1.82, 2.24) is 9.38 Å². The predicted molar refractivity (Wildman–Crippen MR) is 98.3 cm³/mol. The monoisotopic (exact) mass is 358 g/mol. The van der Waals surface area contributed by atoms with Gasteiger partial charge in [0.05, 0.1) is 11.0 Å². The minimum Gasteiger partial charge on any atom is -0.356 e. The number of pyridine rings is 1. The molecule has 0 aromatic carbocycles. The maximum atomic E-state index is 12.5. The molecule has 1 N–H and O–H groups in total. The Morgan fingerprint density at radius 1 is 1.32 bits per heavy atom. The van der Waals surface area contributed by atoms with Gasteiger partial charge in [-0.3, -0.25) is 19.3 Å². The fourth-order valence-corrected chi connectivity index (χ4v) is 3.51. The highest BCUT2D eigenvalue weighted by Gasteiger charge is 2.26. The molecule has 25 heavy (non-hydrogen) atoms. The highest BCUT2D eigenvalue weighted by molar-refractivity contribution is 7.10. The van der Waals surface area contributed by atoms with E-state index >= 15 is 0 Å². The van der Waals surface area contributed by atoms with Crippen LogP contribution in [0.3, 0.4) is 0 Å². The zero-order chi connectivity index (χ0) is 18.0. The average molecular weight is 358 g/mol. The number of rotatable bonds is 6. The van der Waals surface area contributed by atoms with E-state index < -0.39 is 16.2 Å². The van der Waals surface area contributed by atoms with Gasteiger partial charge in [-0.05, 0) is 35.9 Å². The Kier molecular flexibility index (Phi) is 4.80. The van der Waals surface area contributed by atoms with E-state index in [1.807, 2.05) is 17.5 Å². The van der Waals surface area contributed by atoms with E-state index in [1.54, 1.807) is 29.5 Å². The van der Waals surface area contributed by atoms with Crippen LogP contribution in [0.5, 0.6) is 0 Å². The Labute approximate surface area is 148 Å². The molecule has 7 nitrogen and oxygen atoms in total. The van der Waals surface area contributed by atoms with Crippen LogP contribution in [0.25, 0.3) is 5.65 Å². The average Bonchev–Trinajstić information content (AvgIpc) is 3.08. The van der Waals surface area contributed by atoms with Gasteiger partial charge in [-0.2, -0.15) is 0 Å². The second-order valence-corrected chi connectivity index (χ2v) is 7.12. The molecule has 0 aliphatic carbocycles. The van der Waals surface area contributed by atoms with Crippen LogP contribution in [0.4, 0.5) is 11.5 Å². The normalized spacial score (nSPS) is 12.4. The number of hydrogen-bond acceptors (Lipinski definition) is 6. The van der Waals surface area contributed by atoms with Crippen LogP contribution in [0.15, 0.2) is 46.7 Å². The molecule has 0 spiro atoms. The second-order valence-electron chi connectivity index (χ2n) is 6.14. The van der Waals surface area contributed by atoms with E-state index in [0.29, 0.717) is 11.6 Å². The number of fused-ring (bicyclic) bond motifs is 1. The summed E-state index contributed by atoms with van der Waals surface area (Å²) in [4.78, 5) is 28.7. The second kappa shape index (κ2) is 7.02. The molecule has 0 radical (unpaired) electrons. The van der Waals surface area contributed by atoms with Crippen molar-refractivity contribution in [2.24, 2.45) is 5.92 Å². The lowest BCUT2D eigenvalue weighted by atomic mass is 10.0. The van der Waals surface area contributed by atoms with Gasteiger partial charge in [0.25, 0.3) is 0 Å². The lowest BCUT2D eigenvalue weighted by Crippen LogP contribution is -2.23. The molecule has 130 valence electrons. The van der Waals surface area contributed by atoms with Crippen molar-refractivity contribution in [3.05, 3.63) is 67.3 Å². The Balaban J connectivity index is 2.11. The molecule has 0 aliphatic heterocycles. The summed E-state index contributed by atoms with van der Waals surface area (Å²) in [6.07, 6.45) is 2.25. The van der Waals surface area contributed by atoms with Crippen molar-refractivity contribution in [3.63, 3.8) is 0 Å². The maximum absolute atomic E-state index is 12.5. The Hall–Kier alpha value is -2.74. The number of nitro groups is 1. The molecule has 0 saturated carbocycles. The zero-order valence-electron chi connectivity index (χ0n) is 13.9. The van der Waals surface area contributed by atoms with Gasteiger partial charge in [0.2, 0.25) is 5.82 Å². The summed E-state index contributed by atoms with van der Waals surface area (Å²) < 4.78 is 1.19. The molecule has 0 amide bonds. The van der Waals surface area contributed by atoms with Gasteiger partial charge in [0.15, 0.2) is 0 Å². The lowest BCUT2D eigenvalue weighted by Gasteiger charge is -2.20. The largest absolute Gasteiger partial charge is 0.376 e. The van der Waals surface area contributed by atoms with Gasteiger partial charge >= 0.3 is 11.2 Å². The van der Waals surface area contributed by atoms with Gasteiger partial charge < -0.3 is 5.32 Å². The molecule has 0 saturated heterocycles. The first-order valence-corrected chi connectivity index (χ1v) is 8.81. The summed E-state index contributed by atoms with van der Waals surface area (Å²) in [5.74, 6) is 0.389. The highest BCUT2D eigenvalue weighted by Crippen LogP contribution is 2.31. The van der Waals surface area contributed by atoms with Gasteiger partial charge in [0, 0.05) is 11.1 Å². The number of thiophene rings is 1. The first-order valence-electron chi connectivity index (χ1n) is 7.93. The number of nitrogens with one attached hydrogen (secondary N) is 1. The number of hydrogen-bond donors (Lipinski definition) is 1. The fraction of sp³-hybridized carbons (Fsp3) is 0.294. The van der Waals surface area contributed by atoms with Crippen LogP contribution in [0.1, 0.15) is 31.2 Å². The van der Waals surface area contributed by atoms with Crippen molar-refractivity contribution in [2.45, 2.75) is 26.3 Å². The van der Waals surface area contributed by atoms with Gasteiger partial charge in [-0.1, -0.05) is 26.0 Å². The molecule has 8 heteroatoms. The molecular weight excluding hydrogens is 340 g/mol. The molecule has 0 bridgehead atoms. The molecule has 3 heterocycles. The van der Waals surface area contributed by atoms with Crippen molar-refractivity contribution >= 4 is 28.5 Å². The molecular formula is C17H18N4O3S. The Bertz CT molecular complexity index is 950. The van der Waals surface area contributed by atoms with Crippen LogP contribution in [0.2, 0.25) is 0 Å². The molecule has 0 aliphatic rings. The van der Waals surface area contributed by atoms with Crippen LogP contribution in [-0.4, -0.2) is 14.3 Å². The lowest BCUT2D eigenvalue weighted by molar-refractivity contribution is -0.385. The summed E-state index contributed by atoms with van der Waals surface area (Å²) in [5, 5.41) is 16.6. The Morgan fingerprint density at radius 2 is 2.12 bits per heavy atom. The quantitative estimate of drug-likeness (QED) is 0.534. The summed E-state index contributed by atoms with van der Waals surface area (Å²) in [5.41, 5.74) is -0.850. The van der Waals surface area contributed by atoms with Gasteiger partial charge in [-0.25, -0.2) is 4.98 Å². The fourth-order valence-electron chi connectivity index (χ4n) is 2.72. The minimum atomic E-state index is -0.687. The smallest absolute Gasteiger partial charge is 0.356 e. The van der Waals surface area contributed by atoms with E-state index in [2.05, 4.69) is 24.1 Å². The van der Waals surface area contributed by atoms with E-state index in [-0.39, 0.29) is 11.9 Å². The first-order chi connectivity index (χ1) is 12.0. The highest BCUT2D eigenvalue weighted by atomic mass is 32.1. The molecule has 1 atom stereocenters.